The average molecular weight is 269 g/mol. The molecule has 1 heterocycles. The lowest BCUT2D eigenvalue weighted by Gasteiger charge is -2.22. The second kappa shape index (κ2) is 6.19. The Hall–Kier alpha value is -1.67. The van der Waals surface area contributed by atoms with Crippen LogP contribution in [0.25, 0.3) is 11.1 Å². The third-order valence-electron chi connectivity index (χ3n) is 4.09. The SMILES string of the molecule is Fc1cccc(-c2ccc(CC3CCNCC3)cc2)c1. The second-order valence-corrected chi connectivity index (χ2v) is 5.60. The van der Waals surface area contributed by atoms with Gasteiger partial charge in [-0.15, -0.1) is 0 Å². The van der Waals surface area contributed by atoms with E-state index in [0.717, 1.165) is 36.6 Å². The highest BCUT2D eigenvalue weighted by molar-refractivity contribution is 5.63. The maximum atomic E-state index is 13.2. The molecule has 2 aromatic carbocycles. The van der Waals surface area contributed by atoms with E-state index in [-0.39, 0.29) is 5.82 Å². The molecule has 1 N–H and O–H groups in total. The van der Waals surface area contributed by atoms with Crippen molar-refractivity contribution < 1.29 is 4.39 Å². The molecule has 2 aromatic rings. The molecule has 3 rings (SSSR count). The number of benzene rings is 2. The number of halogens is 1. The Morgan fingerprint density at radius 1 is 0.950 bits per heavy atom. The Morgan fingerprint density at radius 3 is 2.40 bits per heavy atom. The van der Waals surface area contributed by atoms with E-state index in [1.54, 1.807) is 12.1 Å². The summed E-state index contributed by atoms with van der Waals surface area (Å²) in [6.45, 7) is 2.29. The van der Waals surface area contributed by atoms with Gasteiger partial charge in [0.05, 0.1) is 0 Å². The number of rotatable bonds is 3. The fourth-order valence-corrected chi connectivity index (χ4v) is 2.92. The number of hydrogen-bond acceptors (Lipinski definition) is 1. The van der Waals surface area contributed by atoms with Crippen molar-refractivity contribution >= 4 is 0 Å². The van der Waals surface area contributed by atoms with Crippen molar-refractivity contribution in [1.82, 2.24) is 5.32 Å². The zero-order valence-corrected chi connectivity index (χ0v) is 11.6. The molecule has 0 atom stereocenters. The van der Waals surface area contributed by atoms with Gasteiger partial charge < -0.3 is 5.32 Å². The van der Waals surface area contributed by atoms with Gasteiger partial charge in [0.25, 0.3) is 0 Å². The smallest absolute Gasteiger partial charge is 0.123 e. The van der Waals surface area contributed by atoms with E-state index in [2.05, 4.69) is 29.6 Å². The zero-order chi connectivity index (χ0) is 13.8. The second-order valence-electron chi connectivity index (χ2n) is 5.60. The van der Waals surface area contributed by atoms with Crippen molar-refractivity contribution in [3.8, 4) is 11.1 Å². The summed E-state index contributed by atoms with van der Waals surface area (Å²) in [7, 11) is 0. The van der Waals surface area contributed by atoms with Gasteiger partial charge in [0.15, 0.2) is 0 Å². The summed E-state index contributed by atoms with van der Waals surface area (Å²) in [6.07, 6.45) is 3.70. The first-order valence-electron chi connectivity index (χ1n) is 7.37. The number of hydrogen-bond donors (Lipinski definition) is 1. The van der Waals surface area contributed by atoms with E-state index in [1.807, 2.05) is 6.07 Å². The predicted molar refractivity (Wildman–Crippen MR) is 81.1 cm³/mol. The molecule has 0 aliphatic carbocycles. The van der Waals surface area contributed by atoms with Gasteiger partial charge in [-0.3, -0.25) is 0 Å². The molecule has 104 valence electrons. The average Bonchev–Trinajstić information content (AvgIpc) is 2.49. The third-order valence-corrected chi connectivity index (χ3v) is 4.09. The minimum atomic E-state index is -0.179. The highest BCUT2D eigenvalue weighted by atomic mass is 19.1. The molecule has 0 spiro atoms. The largest absolute Gasteiger partial charge is 0.317 e. The normalized spacial score (nSPS) is 16.2. The van der Waals surface area contributed by atoms with Crippen LogP contribution < -0.4 is 5.32 Å². The molecule has 0 saturated carbocycles. The van der Waals surface area contributed by atoms with Crippen LogP contribution in [0.15, 0.2) is 48.5 Å². The summed E-state index contributed by atoms with van der Waals surface area (Å²) in [5.41, 5.74) is 3.41. The summed E-state index contributed by atoms with van der Waals surface area (Å²) in [5.74, 6) is 0.623. The molecular weight excluding hydrogens is 249 g/mol. The summed E-state index contributed by atoms with van der Waals surface area (Å²) in [5, 5.41) is 3.40. The number of piperidine rings is 1. The summed E-state index contributed by atoms with van der Waals surface area (Å²) >= 11 is 0. The highest BCUT2D eigenvalue weighted by Crippen LogP contribution is 2.23. The lowest BCUT2D eigenvalue weighted by Crippen LogP contribution is -2.28. The topological polar surface area (TPSA) is 12.0 Å². The van der Waals surface area contributed by atoms with Gasteiger partial charge in [-0.2, -0.15) is 0 Å². The molecule has 0 radical (unpaired) electrons. The molecule has 0 amide bonds. The molecule has 1 aliphatic rings. The van der Waals surface area contributed by atoms with Crippen molar-refractivity contribution in [3.05, 3.63) is 59.9 Å². The fourth-order valence-electron chi connectivity index (χ4n) is 2.92. The first-order valence-corrected chi connectivity index (χ1v) is 7.37. The van der Waals surface area contributed by atoms with E-state index in [1.165, 1.54) is 24.5 Å². The lowest BCUT2D eigenvalue weighted by atomic mass is 9.90. The Bertz CT molecular complexity index is 556. The minimum absolute atomic E-state index is 0.179. The predicted octanol–water partition coefficient (Wildman–Crippen LogP) is 4.03. The van der Waals surface area contributed by atoms with E-state index in [0.29, 0.717) is 0 Å². The molecular formula is C18H20FN. The van der Waals surface area contributed by atoms with Crippen molar-refractivity contribution in [2.24, 2.45) is 5.92 Å². The van der Waals surface area contributed by atoms with Crippen LogP contribution in [-0.4, -0.2) is 13.1 Å². The molecule has 1 saturated heterocycles. The Labute approximate surface area is 119 Å². The van der Waals surface area contributed by atoms with Crippen LogP contribution in [0.4, 0.5) is 4.39 Å². The molecule has 0 bridgehead atoms. The van der Waals surface area contributed by atoms with Crippen molar-refractivity contribution in [3.63, 3.8) is 0 Å². The Morgan fingerprint density at radius 2 is 1.70 bits per heavy atom. The maximum absolute atomic E-state index is 13.2. The quantitative estimate of drug-likeness (QED) is 0.887. The van der Waals surface area contributed by atoms with Crippen LogP contribution in [0.1, 0.15) is 18.4 Å². The van der Waals surface area contributed by atoms with E-state index >= 15 is 0 Å². The van der Waals surface area contributed by atoms with Crippen molar-refractivity contribution in [1.29, 1.82) is 0 Å². The molecule has 1 fully saturated rings. The molecule has 0 aromatic heterocycles. The summed E-state index contributed by atoms with van der Waals surface area (Å²) in [4.78, 5) is 0. The first kappa shape index (κ1) is 13.3. The molecule has 0 unspecified atom stereocenters. The maximum Gasteiger partial charge on any atom is 0.123 e. The van der Waals surface area contributed by atoms with Gasteiger partial charge in [-0.1, -0.05) is 36.4 Å². The third kappa shape index (κ3) is 3.26. The number of nitrogens with one attached hydrogen (secondary N) is 1. The Balaban J connectivity index is 1.71. The van der Waals surface area contributed by atoms with Crippen LogP contribution in [-0.2, 0) is 6.42 Å². The van der Waals surface area contributed by atoms with Crippen molar-refractivity contribution in [2.75, 3.05) is 13.1 Å². The van der Waals surface area contributed by atoms with Gasteiger partial charge in [0, 0.05) is 0 Å². The van der Waals surface area contributed by atoms with E-state index in [4.69, 9.17) is 0 Å². The Kier molecular flexibility index (Phi) is 4.12. The monoisotopic (exact) mass is 269 g/mol. The van der Waals surface area contributed by atoms with E-state index < -0.39 is 0 Å². The van der Waals surface area contributed by atoms with Crippen LogP contribution in [0.2, 0.25) is 0 Å². The van der Waals surface area contributed by atoms with Crippen LogP contribution in [0.3, 0.4) is 0 Å². The lowest BCUT2D eigenvalue weighted by molar-refractivity contribution is 0.372. The highest BCUT2D eigenvalue weighted by Gasteiger charge is 2.13. The van der Waals surface area contributed by atoms with Gasteiger partial charge in [-0.05, 0) is 67.1 Å². The molecule has 1 nitrogen and oxygen atoms in total. The summed E-state index contributed by atoms with van der Waals surface area (Å²) < 4.78 is 13.2. The first-order chi connectivity index (χ1) is 9.81. The molecule has 2 heteroatoms. The van der Waals surface area contributed by atoms with Gasteiger partial charge >= 0.3 is 0 Å². The van der Waals surface area contributed by atoms with Crippen LogP contribution in [0, 0.1) is 11.7 Å². The molecule has 1 aliphatic heterocycles. The van der Waals surface area contributed by atoms with Gasteiger partial charge in [-0.25, -0.2) is 4.39 Å². The van der Waals surface area contributed by atoms with Crippen LogP contribution >= 0.6 is 0 Å². The standard InChI is InChI=1S/C18H20FN/c19-18-3-1-2-17(13-18)16-6-4-14(5-7-16)12-15-8-10-20-11-9-15/h1-7,13,15,20H,8-12H2. The van der Waals surface area contributed by atoms with Gasteiger partial charge in [0.2, 0.25) is 0 Å². The zero-order valence-electron chi connectivity index (χ0n) is 11.6. The van der Waals surface area contributed by atoms with E-state index in [9.17, 15) is 4.39 Å². The fraction of sp³-hybridized carbons (Fsp3) is 0.333. The van der Waals surface area contributed by atoms with Gasteiger partial charge in [0.1, 0.15) is 5.82 Å². The molecule has 20 heavy (non-hydrogen) atoms. The minimum Gasteiger partial charge on any atom is -0.317 e. The van der Waals surface area contributed by atoms with Crippen LogP contribution in [0.5, 0.6) is 0 Å². The summed E-state index contributed by atoms with van der Waals surface area (Å²) in [6, 6.07) is 15.3. The van der Waals surface area contributed by atoms with Crippen molar-refractivity contribution in [2.45, 2.75) is 19.3 Å².